The van der Waals surface area contributed by atoms with Crippen molar-refractivity contribution in [1.29, 1.82) is 5.26 Å². The first-order chi connectivity index (χ1) is 12.9. The summed E-state index contributed by atoms with van der Waals surface area (Å²) in [6.07, 6.45) is 0. The van der Waals surface area contributed by atoms with Gasteiger partial charge in [-0.1, -0.05) is 15.9 Å². The number of fused-ring (bicyclic) bond motifs is 4. The monoisotopic (exact) mass is 427 g/mol. The molecule has 2 aromatic rings. The van der Waals surface area contributed by atoms with E-state index in [4.69, 9.17) is 14.9 Å². The largest absolute Gasteiger partial charge is 0.440 e. The number of carbonyl (C=O) groups is 1. The minimum absolute atomic E-state index is 0.0286. The lowest BCUT2D eigenvalue weighted by molar-refractivity contribution is -0.121. The fourth-order valence-electron chi connectivity index (χ4n) is 3.89. The van der Waals surface area contributed by atoms with Crippen molar-refractivity contribution in [2.45, 2.75) is 19.3 Å². The number of likely N-dealkylation sites (N-methyl/N-ethyl adjacent to an activating group) is 1. The van der Waals surface area contributed by atoms with Crippen LogP contribution in [0, 0.1) is 18.3 Å². The number of nitrogens with zero attached hydrogens (tertiary/aromatic N) is 2. The van der Waals surface area contributed by atoms with Gasteiger partial charge < -0.3 is 19.8 Å². The molecule has 1 unspecified atom stereocenters. The van der Waals surface area contributed by atoms with Gasteiger partial charge in [0, 0.05) is 28.3 Å². The lowest BCUT2D eigenvalue weighted by atomic mass is 9.69. The molecule has 3 heterocycles. The van der Waals surface area contributed by atoms with Gasteiger partial charge in [0.2, 0.25) is 11.8 Å². The van der Waals surface area contributed by atoms with Gasteiger partial charge >= 0.3 is 5.63 Å². The van der Waals surface area contributed by atoms with Crippen LogP contribution in [0.15, 0.2) is 49.4 Å². The molecule has 0 radical (unpaired) electrons. The van der Waals surface area contributed by atoms with Gasteiger partial charge in [0.15, 0.2) is 5.41 Å². The molecular formula is C19H14BrN3O4. The lowest BCUT2D eigenvalue weighted by Gasteiger charge is -2.33. The molecule has 4 rings (SSSR count). The number of aryl methyl sites for hydroxylation is 1. The zero-order valence-electron chi connectivity index (χ0n) is 14.5. The van der Waals surface area contributed by atoms with Crippen molar-refractivity contribution in [2.24, 2.45) is 5.73 Å². The Kier molecular flexibility index (Phi) is 3.68. The van der Waals surface area contributed by atoms with E-state index < -0.39 is 16.9 Å². The Labute approximate surface area is 162 Å². The van der Waals surface area contributed by atoms with Gasteiger partial charge in [0.25, 0.3) is 0 Å². The fraction of sp³-hybridized carbons (Fsp3) is 0.211. The summed E-state index contributed by atoms with van der Waals surface area (Å²) in [4.78, 5) is 28.0. The third-order valence-electron chi connectivity index (χ3n) is 4.90. The molecule has 2 aliphatic rings. The van der Waals surface area contributed by atoms with Crippen LogP contribution in [0.25, 0.3) is 0 Å². The molecule has 0 saturated carbocycles. The van der Waals surface area contributed by atoms with Crippen molar-refractivity contribution >= 4 is 27.5 Å². The SMILES string of the molecule is CCN1C(=O)C2(C(C#N)=C(N)Oc3cc(C)oc(=O)c32)c2cc(Br)ccc21. The number of carbonyl (C=O) groups excluding carboxylic acids is 1. The van der Waals surface area contributed by atoms with Gasteiger partial charge in [-0.25, -0.2) is 4.79 Å². The van der Waals surface area contributed by atoms with Gasteiger partial charge in [-0.15, -0.1) is 0 Å². The van der Waals surface area contributed by atoms with Crippen molar-refractivity contribution in [1.82, 2.24) is 0 Å². The number of benzene rings is 1. The standard InChI is InChI=1S/C19H14BrN3O4/c1-3-23-13-5-4-10(20)7-11(13)19(18(23)25)12(8-21)16(22)27-14-6-9(2)26-17(24)15(14)19/h4-7H,3,22H2,1-2H3. The van der Waals surface area contributed by atoms with Crippen molar-refractivity contribution in [3.8, 4) is 11.8 Å². The van der Waals surface area contributed by atoms with E-state index in [0.717, 1.165) is 0 Å². The van der Waals surface area contributed by atoms with Crippen LogP contribution in [0.3, 0.4) is 0 Å². The molecule has 8 heteroatoms. The number of rotatable bonds is 1. The van der Waals surface area contributed by atoms with Crippen LogP contribution in [-0.4, -0.2) is 12.5 Å². The number of hydrogen-bond donors (Lipinski definition) is 1. The van der Waals surface area contributed by atoms with E-state index in [1.165, 1.54) is 11.0 Å². The molecule has 2 N–H and O–H groups in total. The molecule has 0 saturated heterocycles. The summed E-state index contributed by atoms with van der Waals surface area (Å²) >= 11 is 3.41. The van der Waals surface area contributed by atoms with Crippen molar-refractivity contribution in [2.75, 3.05) is 11.4 Å². The quantitative estimate of drug-likeness (QED) is 0.748. The van der Waals surface area contributed by atoms with E-state index in [9.17, 15) is 14.9 Å². The first-order valence-corrected chi connectivity index (χ1v) is 9.00. The van der Waals surface area contributed by atoms with Gasteiger partial charge in [0.05, 0.1) is 0 Å². The number of amides is 1. The topological polar surface area (TPSA) is 110 Å². The third kappa shape index (κ3) is 2.06. The normalized spacial score (nSPS) is 20.4. The summed E-state index contributed by atoms with van der Waals surface area (Å²) in [5.74, 6) is -0.197. The Hall–Kier alpha value is -3.05. The molecular weight excluding hydrogens is 414 g/mol. The highest BCUT2D eigenvalue weighted by atomic mass is 79.9. The molecule has 27 heavy (non-hydrogen) atoms. The van der Waals surface area contributed by atoms with Crippen LogP contribution in [-0.2, 0) is 10.2 Å². The molecule has 1 spiro atoms. The van der Waals surface area contributed by atoms with E-state index in [-0.39, 0.29) is 22.8 Å². The fourth-order valence-corrected chi connectivity index (χ4v) is 4.25. The molecule has 0 bridgehead atoms. The van der Waals surface area contributed by atoms with Crippen molar-refractivity contribution < 1.29 is 13.9 Å². The zero-order valence-corrected chi connectivity index (χ0v) is 16.1. The molecule has 2 aliphatic heterocycles. The van der Waals surface area contributed by atoms with E-state index in [1.807, 2.05) is 13.0 Å². The molecule has 1 atom stereocenters. The second-order valence-electron chi connectivity index (χ2n) is 6.30. The minimum atomic E-state index is -1.70. The second kappa shape index (κ2) is 5.72. The van der Waals surface area contributed by atoms with Crippen LogP contribution in [0.5, 0.6) is 5.75 Å². The molecule has 7 nitrogen and oxygen atoms in total. The molecule has 1 amide bonds. The maximum absolute atomic E-state index is 13.6. The number of hydrogen-bond acceptors (Lipinski definition) is 6. The Bertz CT molecular complexity index is 1140. The van der Waals surface area contributed by atoms with Gasteiger partial charge in [-0.2, -0.15) is 5.26 Å². The molecule has 0 fully saturated rings. The molecule has 0 aliphatic carbocycles. The first-order valence-electron chi connectivity index (χ1n) is 8.21. The Morgan fingerprint density at radius 1 is 1.33 bits per heavy atom. The maximum atomic E-state index is 13.6. The molecule has 136 valence electrons. The lowest BCUT2D eigenvalue weighted by Crippen LogP contribution is -2.48. The van der Waals surface area contributed by atoms with Crippen LogP contribution < -0.4 is 21.0 Å². The smallest absolute Gasteiger partial charge is 0.344 e. The Morgan fingerprint density at radius 2 is 2.07 bits per heavy atom. The number of anilines is 1. The first kappa shape index (κ1) is 17.4. The van der Waals surface area contributed by atoms with Crippen LogP contribution >= 0.6 is 15.9 Å². The summed E-state index contributed by atoms with van der Waals surface area (Å²) in [7, 11) is 0. The predicted octanol–water partition coefficient (Wildman–Crippen LogP) is 2.45. The predicted molar refractivity (Wildman–Crippen MR) is 100 cm³/mol. The van der Waals surface area contributed by atoms with E-state index in [0.29, 0.717) is 28.0 Å². The second-order valence-corrected chi connectivity index (χ2v) is 7.21. The number of ether oxygens (including phenoxy) is 1. The van der Waals surface area contributed by atoms with E-state index >= 15 is 0 Å². The molecule has 1 aromatic heterocycles. The summed E-state index contributed by atoms with van der Waals surface area (Å²) in [5, 5.41) is 9.85. The highest BCUT2D eigenvalue weighted by Gasteiger charge is 2.60. The van der Waals surface area contributed by atoms with Crippen LogP contribution in [0.2, 0.25) is 0 Å². The minimum Gasteiger partial charge on any atom is -0.440 e. The van der Waals surface area contributed by atoms with Crippen molar-refractivity contribution in [3.05, 3.63) is 67.5 Å². The van der Waals surface area contributed by atoms with Gasteiger partial charge in [0.1, 0.15) is 28.7 Å². The summed E-state index contributed by atoms with van der Waals surface area (Å²) in [6.45, 7) is 3.78. The Morgan fingerprint density at radius 3 is 2.74 bits per heavy atom. The molecule has 1 aromatic carbocycles. The Balaban J connectivity index is 2.23. The number of nitriles is 1. The summed E-state index contributed by atoms with van der Waals surface area (Å²) in [6, 6.07) is 8.78. The van der Waals surface area contributed by atoms with Crippen molar-refractivity contribution in [3.63, 3.8) is 0 Å². The van der Waals surface area contributed by atoms with E-state index in [1.54, 1.807) is 25.1 Å². The zero-order chi connectivity index (χ0) is 19.5. The van der Waals surface area contributed by atoms with Crippen LogP contribution in [0.1, 0.15) is 23.8 Å². The third-order valence-corrected chi connectivity index (χ3v) is 5.40. The average molecular weight is 428 g/mol. The summed E-state index contributed by atoms with van der Waals surface area (Å²) < 4.78 is 11.5. The highest BCUT2D eigenvalue weighted by molar-refractivity contribution is 9.10. The average Bonchev–Trinajstić information content (AvgIpc) is 2.83. The van der Waals surface area contributed by atoms with Crippen LogP contribution in [0.4, 0.5) is 5.69 Å². The van der Waals surface area contributed by atoms with E-state index in [2.05, 4.69) is 15.9 Å². The highest BCUT2D eigenvalue weighted by Crippen LogP contribution is 2.54. The van der Waals surface area contributed by atoms with Gasteiger partial charge in [-0.3, -0.25) is 4.79 Å². The van der Waals surface area contributed by atoms with Gasteiger partial charge in [-0.05, 0) is 32.0 Å². The summed E-state index contributed by atoms with van der Waals surface area (Å²) in [5.41, 5.74) is 4.54. The number of halogens is 1. The number of nitrogens with two attached hydrogens (primary N) is 1. The maximum Gasteiger partial charge on any atom is 0.344 e.